The molecule has 0 fully saturated rings. The van der Waals surface area contributed by atoms with Gasteiger partial charge in [-0.25, -0.2) is 13.6 Å². The maximum absolute atomic E-state index is 12.1. The number of aromatic nitrogens is 1. The number of carbonyl (C=O) groups is 2. The lowest BCUT2D eigenvalue weighted by Crippen LogP contribution is -2.13. The number of nitrogens with two attached hydrogens (primary N) is 3. The normalized spacial score (nSPS) is 9.74. The smallest absolute Gasteiger partial charge is 0.273 e. The zero-order valence-electron chi connectivity index (χ0n) is 20.0. The van der Waals surface area contributed by atoms with Crippen molar-refractivity contribution in [3.8, 4) is 28.1 Å². The molecule has 8 N–H and O–H groups in total. The van der Waals surface area contributed by atoms with Crippen LogP contribution in [0, 0.1) is 0 Å². The van der Waals surface area contributed by atoms with Crippen LogP contribution in [0.3, 0.4) is 0 Å². The zero-order valence-corrected chi connectivity index (χ0v) is 23.4. The molecule has 3 rings (SSSR count). The fourth-order valence-electron chi connectivity index (χ4n) is 3.11. The van der Waals surface area contributed by atoms with Crippen molar-refractivity contribution in [3.63, 3.8) is 0 Å². The van der Waals surface area contributed by atoms with Crippen molar-refractivity contribution in [3.05, 3.63) is 65.3 Å². The molecule has 2 aromatic carbocycles. The van der Waals surface area contributed by atoms with E-state index in [0.29, 0.717) is 22.0 Å². The molecule has 0 aliphatic heterocycles. The van der Waals surface area contributed by atoms with Gasteiger partial charge in [0, 0.05) is 17.3 Å². The van der Waals surface area contributed by atoms with Crippen molar-refractivity contribution >= 4 is 57.4 Å². The van der Waals surface area contributed by atoms with Gasteiger partial charge in [0.25, 0.3) is 10.5 Å². The molecular weight excluding hydrogens is 572 g/mol. The molecule has 1 heterocycles. The summed E-state index contributed by atoms with van der Waals surface area (Å²) >= 11 is 12.5. The van der Waals surface area contributed by atoms with E-state index in [1.165, 1.54) is 6.07 Å². The van der Waals surface area contributed by atoms with E-state index in [0.717, 1.165) is 29.5 Å². The van der Waals surface area contributed by atoms with E-state index < -0.39 is 20.5 Å². The quantitative estimate of drug-likeness (QED) is 0.257. The van der Waals surface area contributed by atoms with E-state index in [9.17, 15) is 8.42 Å². The maximum atomic E-state index is 12.1. The lowest BCUT2D eigenvalue weighted by Gasteiger charge is -2.15. The predicted octanol–water partition coefficient (Wildman–Crippen LogP) is 4.48. The van der Waals surface area contributed by atoms with Gasteiger partial charge in [-0.2, -0.15) is 0 Å². The highest BCUT2D eigenvalue weighted by Crippen LogP contribution is 2.37. The Bertz CT molecular complexity index is 1300. The molecule has 0 aliphatic rings. The van der Waals surface area contributed by atoms with Crippen molar-refractivity contribution in [2.45, 2.75) is 32.1 Å². The number of pyridine rings is 1. The first-order valence-electron chi connectivity index (χ1n) is 10.2. The number of aryl methyl sites for hydroxylation is 1. The van der Waals surface area contributed by atoms with Crippen LogP contribution in [0.25, 0.3) is 22.4 Å². The summed E-state index contributed by atoms with van der Waals surface area (Å²) < 4.78 is 29.4. The van der Waals surface area contributed by atoms with Crippen LogP contribution >= 0.6 is 36.9 Å². The van der Waals surface area contributed by atoms with Gasteiger partial charge < -0.3 is 21.7 Å². The molecule has 0 atom stereocenters. The Morgan fingerprint density at radius 2 is 1.58 bits per heavy atom. The minimum Gasteiger partial charge on any atom is -0.495 e. The number of nitrogens with zero attached hydrogens (tertiary/aromatic N) is 1. The minimum atomic E-state index is -3.91. The zero-order chi connectivity index (χ0) is 27.5. The highest BCUT2D eigenvalue weighted by atomic mass is 35.5. The SMILES string of the molecule is C.CCCc1cnc(-c2ccccc2S(N)(=O)=O)c(-c2ccc(OC)c(Cl)c2)c1.NC(=O)S.NC(=O)S.O. The van der Waals surface area contributed by atoms with Gasteiger partial charge in [-0.15, -0.1) is 0 Å². The lowest BCUT2D eigenvalue weighted by molar-refractivity contribution is 0.266. The summed E-state index contributed by atoms with van der Waals surface area (Å²) in [6, 6.07) is 14.0. The topological polar surface area (TPSA) is 200 Å². The van der Waals surface area contributed by atoms with Gasteiger partial charge in [-0.3, -0.25) is 14.6 Å². The molecule has 2 amide bonds. The first-order valence-corrected chi connectivity index (χ1v) is 13.0. The Morgan fingerprint density at radius 1 is 1.03 bits per heavy atom. The van der Waals surface area contributed by atoms with Crippen LogP contribution in [0.5, 0.6) is 5.75 Å². The fourth-order valence-corrected chi connectivity index (χ4v) is 4.11. The number of ether oxygens (including phenoxy) is 1. The lowest BCUT2D eigenvalue weighted by atomic mass is 9.96. The van der Waals surface area contributed by atoms with E-state index in [1.807, 2.05) is 12.1 Å². The number of carbonyl (C=O) groups excluding carboxylic acids is 2. The summed E-state index contributed by atoms with van der Waals surface area (Å²) in [4.78, 5) is 22.8. The van der Waals surface area contributed by atoms with Gasteiger partial charge in [0.1, 0.15) is 5.75 Å². The Kier molecular flexibility index (Phi) is 17.3. The van der Waals surface area contributed by atoms with Gasteiger partial charge in [-0.05, 0) is 41.8 Å². The van der Waals surface area contributed by atoms with Gasteiger partial charge in [0.2, 0.25) is 10.0 Å². The molecular formula is C24H33ClN4O6S3. The minimum absolute atomic E-state index is 0. The maximum Gasteiger partial charge on any atom is 0.273 e. The third-order valence-corrected chi connectivity index (χ3v) is 5.66. The summed E-state index contributed by atoms with van der Waals surface area (Å²) in [6.07, 6.45) is 3.60. The molecule has 0 radical (unpaired) electrons. The van der Waals surface area contributed by atoms with Gasteiger partial charge >= 0.3 is 0 Å². The number of primary sulfonamides is 1. The Morgan fingerprint density at radius 3 is 2.05 bits per heavy atom. The summed E-state index contributed by atoms with van der Waals surface area (Å²) in [5.74, 6) is 0.564. The molecule has 210 valence electrons. The van der Waals surface area contributed by atoms with Crippen LogP contribution in [0.1, 0.15) is 26.3 Å². The molecule has 0 saturated heterocycles. The summed E-state index contributed by atoms with van der Waals surface area (Å²) in [7, 11) is -2.35. The highest BCUT2D eigenvalue weighted by Gasteiger charge is 2.19. The largest absolute Gasteiger partial charge is 0.495 e. The Balaban J connectivity index is 0. The molecule has 38 heavy (non-hydrogen) atoms. The van der Waals surface area contributed by atoms with Gasteiger partial charge in [-0.1, -0.05) is 81.9 Å². The Labute approximate surface area is 239 Å². The number of hydrogen-bond acceptors (Lipinski definition) is 6. The second-order valence-electron chi connectivity index (χ2n) is 7.06. The Hall–Kier alpha value is -2.81. The molecule has 0 unspecified atom stereocenters. The number of benzene rings is 2. The summed E-state index contributed by atoms with van der Waals surface area (Å²) in [5, 5.41) is 4.62. The van der Waals surface area contributed by atoms with Crippen LogP contribution in [0.15, 0.2) is 59.6 Å². The second kappa shape index (κ2) is 17.7. The van der Waals surface area contributed by atoms with Crippen LogP contribution < -0.4 is 21.3 Å². The van der Waals surface area contributed by atoms with Crippen molar-refractivity contribution in [2.24, 2.45) is 16.6 Å². The second-order valence-corrected chi connectivity index (χ2v) is 9.88. The molecule has 0 saturated carbocycles. The number of methoxy groups -OCH3 is 1. The van der Waals surface area contributed by atoms with E-state index in [1.54, 1.807) is 43.6 Å². The summed E-state index contributed by atoms with van der Waals surface area (Å²) in [6.45, 7) is 2.09. The van der Waals surface area contributed by atoms with E-state index in [4.69, 9.17) is 31.1 Å². The number of sulfonamides is 1. The van der Waals surface area contributed by atoms with E-state index >= 15 is 0 Å². The van der Waals surface area contributed by atoms with Crippen LogP contribution in [0.2, 0.25) is 5.02 Å². The third kappa shape index (κ3) is 12.2. The standard InChI is InChI=1S/C21H21ClN2O3S.2CH3NOS.CH4.H2O/c1-3-6-14-11-17(15-9-10-19(27-2)18(22)12-15)21(24-13-14)16-7-4-5-8-20(16)28(23,25)26;2*2-1(3)4;;/h4-5,7-13H,3,6H2,1-2H3,(H2,23,25,26);2*(H3,2,3,4);1H4;1H2. The predicted molar refractivity (Wildman–Crippen MR) is 160 cm³/mol. The number of thiol groups is 2. The molecule has 1 aromatic heterocycles. The fraction of sp³-hybridized carbons (Fsp3) is 0.208. The molecule has 14 heteroatoms. The molecule has 0 bridgehead atoms. The number of halogens is 1. The number of rotatable bonds is 6. The van der Waals surface area contributed by atoms with Gasteiger partial charge in [0.05, 0.1) is 22.7 Å². The van der Waals surface area contributed by atoms with Crippen molar-refractivity contribution in [1.82, 2.24) is 4.98 Å². The van der Waals surface area contributed by atoms with Crippen molar-refractivity contribution in [1.29, 1.82) is 0 Å². The van der Waals surface area contributed by atoms with Crippen LogP contribution in [-0.4, -0.2) is 36.5 Å². The molecule has 3 aromatic rings. The van der Waals surface area contributed by atoms with Crippen LogP contribution in [0.4, 0.5) is 9.59 Å². The van der Waals surface area contributed by atoms with Crippen molar-refractivity contribution < 1.29 is 28.2 Å². The first kappa shape index (κ1) is 37.3. The molecule has 10 nitrogen and oxygen atoms in total. The third-order valence-electron chi connectivity index (χ3n) is 4.39. The average molecular weight is 605 g/mol. The van der Waals surface area contributed by atoms with Crippen molar-refractivity contribution in [2.75, 3.05) is 7.11 Å². The van der Waals surface area contributed by atoms with Crippen LogP contribution in [-0.2, 0) is 16.4 Å². The van der Waals surface area contributed by atoms with Gasteiger partial charge in [0.15, 0.2) is 0 Å². The monoisotopic (exact) mass is 604 g/mol. The summed E-state index contributed by atoms with van der Waals surface area (Å²) in [5.41, 5.74) is 12.3. The average Bonchev–Trinajstić information content (AvgIpc) is 2.78. The highest BCUT2D eigenvalue weighted by molar-refractivity contribution is 7.96. The number of hydrogen-bond donors (Lipinski definition) is 5. The molecule has 0 aliphatic carbocycles. The van der Waals surface area contributed by atoms with E-state index in [2.05, 4.69) is 48.6 Å². The number of primary amides is 2. The first-order chi connectivity index (χ1) is 16.8. The molecule has 0 spiro atoms. The van der Waals surface area contributed by atoms with E-state index in [-0.39, 0.29) is 17.8 Å². The number of amides is 2.